The molecule has 0 saturated heterocycles. The third kappa shape index (κ3) is 6.21. The highest BCUT2D eigenvalue weighted by Gasteiger charge is 2.42. The van der Waals surface area contributed by atoms with E-state index in [-0.39, 0.29) is 25.0 Å². The molecule has 0 fully saturated rings. The molecule has 0 aliphatic carbocycles. The van der Waals surface area contributed by atoms with E-state index in [4.69, 9.17) is 19.2 Å². The van der Waals surface area contributed by atoms with Crippen molar-refractivity contribution in [2.75, 3.05) is 14.2 Å². The summed E-state index contributed by atoms with van der Waals surface area (Å²) in [4.78, 5) is 33.8. The summed E-state index contributed by atoms with van der Waals surface area (Å²) in [6.45, 7) is 3.87. The van der Waals surface area contributed by atoms with Crippen molar-refractivity contribution in [3.63, 3.8) is 0 Å². The Labute approximate surface area is 250 Å². The fraction of sp³-hybridized carbons (Fsp3) is 0.242. The van der Waals surface area contributed by atoms with E-state index in [9.17, 15) is 9.59 Å². The largest absolute Gasteiger partial charge is 0.497 e. The number of nitrogens with one attached hydrogen (secondary N) is 1. The summed E-state index contributed by atoms with van der Waals surface area (Å²) in [6, 6.07) is 24.0. The topological polar surface area (TPSA) is 89.5 Å². The summed E-state index contributed by atoms with van der Waals surface area (Å²) in [5, 5.41) is 5.67. The number of aliphatic imine (C=N–C) groups is 1. The van der Waals surface area contributed by atoms with E-state index in [1.165, 1.54) is 11.8 Å². The molecule has 2 heterocycles. The summed E-state index contributed by atoms with van der Waals surface area (Å²) < 4.78 is 17.1. The van der Waals surface area contributed by atoms with Gasteiger partial charge in [-0.3, -0.25) is 4.79 Å². The Morgan fingerprint density at radius 3 is 2.40 bits per heavy atom. The third-order valence-electron chi connectivity index (χ3n) is 7.18. The van der Waals surface area contributed by atoms with E-state index < -0.39 is 12.0 Å². The predicted molar refractivity (Wildman–Crippen MR) is 164 cm³/mol. The number of rotatable bonds is 10. The van der Waals surface area contributed by atoms with E-state index in [0.717, 1.165) is 11.1 Å². The van der Waals surface area contributed by atoms with Crippen LogP contribution >= 0.6 is 11.8 Å². The Hall–Kier alpha value is -4.50. The number of amides is 1. The number of ether oxygens (including phenoxy) is 3. The van der Waals surface area contributed by atoms with Crippen LogP contribution in [0.4, 0.5) is 0 Å². The second kappa shape index (κ2) is 13.0. The lowest BCUT2D eigenvalue weighted by Crippen LogP contribution is -2.38. The highest BCUT2D eigenvalue weighted by Crippen LogP contribution is 2.47. The maximum Gasteiger partial charge on any atom is 0.338 e. The van der Waals surface area contributed by atoms with Gasteiger partial charge in [0, 0.05) is 11.3 Å². The van der Waals surface area contributed by atoms with Gasteiger partial charge in [-0.05, 0) is 48.6 Å². The van der Waals surface area contributed by atoms with E-state index in [1.54, 1.807) is 27.2 Å². The Morgan fingerprint density at radius 2 is 1.71 bits per heavy atom. The number of esters is 1. The normalized spacial score (nSPS) is 16.7. The summed E-state index contributed by atoms with van der Waals surface area (Å²) in [5.74, 6) is 0.542. The molecule has 42 heavy (non-hydrogen) atoms. The first-order valence-corrected chi connectivity index (χ1v) is 14.5. The van der Waals surface area contributed by atoms with Crippen molar-refractivity contribution in [3.8, 4) is 11.5 Å². The predicted octanol–water partition coefficient (Wildman–Crippen LogP) is 6.29. The van der Waals surface area contributed by atoms with Crippen LogP contribution in [0.2, 0.25) is 0 Å². The molecule has 8 nitrogen and oxygen atoms in total. The molecule has 2 atom stereocenters. The SMILES string of the molecule is COc1ccc(OC)c([C@@H]2C(C(=O)OCc3ccccc3)=C(C)N=C3SC=C(CC(=O)N[C@H](C)c4ccccc4)N32)c1. The standard InChI is InChI=1S/C33H33N3O5S/c1-21(24-13-9-6-10-14-24)34-29(37)17-25-20-42-33-35-22(2)30(32(38)41-19-23-11-7-5-8-12-23)31(36(25)33)27-18-26(39-3)15-16-28(27)40-4/h5-16,18,20-21,31H,17,19H2,1-4H3,(H,34,37)/t21-,31-/m1/s1. The number of fused-ring (bicyclic) bond motifs is 1. The molecule has 3 aromatic carbocycles. The smallest absolute Gasteiger partial charge is 0.338 e. The molecule has 2 aliphatic heterocycles. The van der Waals surface area contributed by atoms with Crippen molar-refractivity contribution in [3.05, 3.63) is 118 Å². The molecule has 1 amide bonds. The van der Waals surface area contributed by atoms with E-state index in [2.05, 4.69) is 5.32 Å². The van der Waals surface area contributed by atoms with Gasteiger partial charge in [-0.15, -0.1) is 0 Å². The molecular formula is C33H33N3O5S. The van der Waals surface area contributed by atoms with Crippen LogP contribution in [0.1, 0.15) is 49.0 Å². The van der Waals surface area contributed by atoms with E-state index >= 15 is 0 Å². The van der Waals surface area contributed by atoms with Crippen molar-refractivity contribution < 1.29 is 23.8 Å². The average Bonchev–Trinajstić information content (AvgIpc) is 3.41. The number of carbonyl (C=O) groups excluding carboxylic acids is 2. The van der Waals surface area contributed by atoms with Gasteiger partial charge in [0.1, 0.15) is 18.1 Å². The average molecular weight is 584 g/mol. The van der Waals surface area contributed by atoms with Crippen molar-refractivity contribution in [1.82, 2.24) is 10.2 Å². The molecule has 2 aliphatic rings. The van der Waals surface area contributed by atoms with Gasteiger partial charge < -0.3 is 24.4 Å². The number of thioether (sulfide) groups is 1. The van der Waals surface area contributed by atoms with Crippen LogP contribution in [0.3, 0.4) is 0 Å². The zero-order valence-electron chi connectivity index (χ0n) is 24.0. The summed E-state index contributed by atoms with van der Waals surface area (Å²) in [6.07, 6.45) is 0.0946. The zero-order chi connectivity index (χ0) is 29.6. The number of methoxy groups -OCH3 is 2. The molecule has 9 heteroatoms. The Bertz CT molecular complexity index is 1550. The van der Waals surface area contributed by atoms with Gasteiger partial charge in [0.05, 0.1) is 44.0 Å². The van der Waals surface area contributed by atoms with Gasteiger partial charge in [-0.2, -0.15) is 0 Å². The molecule has 0 bridgehead atoms. The number of amidine groups is 1. The van der Waals surface area contributed by atoms with Crippen molar-refractivity contribution in [2.45, 2.75) is 39.0 Å². The summed E-state index contributed by atoms with van der Waals surface area (Å²) in [7, 11) is 3.17. The molecule has 0 unspecified atom stereocenters. The lowest BCUT2D eigenvalue weighted by Gasteiger charge is -2.37. The summed E-state index contributed by atoms with van der Waals surface area (Å²) in [5.41, 5.74) is 4.21. The minimum absolute atomic E-state index is 0.0946. The van der Waals surface area contributed by atoms with Crippen LogP contribution in [-0.4, -0.2) is 36.2 Å². The van der Waals surface area contributed by atoms with Crippen molar-refractivity contribution >= 4 is 28.8 Å². The number of carbonyl (C=O) groups is 2. The molecule has 0 saturated carbocycles. The zero-order valence-corrected chi connectivity index (χ0v) is 24.8. The minimum Gasteiger partial charge on any atom is -0.497 e. The first-order valence-electron chi connectivity index (χ1n) is 13.6. The highest BCUT2D eigenvalue weighted by atomic mass is 32.2. The first kappa shape index (κ1) is 29.0. The van der Waals surface area contributed by atoms with Gasteiger partial charge in [-0.1, -0.05) is 72.4 Å². The van der Waals surface area contributed by atoms with Gasteiger partial charge >= 0.3 is 5.97 Å². The quantitative estimate of drug-likeness (QED) is 0.281. The number of hydrogen-bond acceptors (Lipinski definition) is 8. The van der Waals surface area contributed by atoms with Crippen LogP contribution < -0.4 is 14.8 Å². The molecule has 216 valence electrons. The second-order valence-corrected chi connectivity index (χ2v) is 10.8. The van der Waals surface area contributed by atoms with Crippen LogP contribution in [-0.2, 0) is 20.9 Å². The van der Waals surface area contributed by atoms with Crippen LogP contribution in [0.15, 0.2) is 106 Å². The Kier molecular flexibility index (Phi) is 8.97. The van der Waals surface area contributed by atoms with E-state index in [1.807, 2.05) is 90.0 Å². The fourth-order valence-electron chi connectivity index (χ4n) is 5.06. The maximum absolute atomic E-state index is 13.8. The lowest BCUT2D eigenvalue weighted by atomic mass is 9.92. The van der Waals surface area contributed by atoms with E-state index in [0.29, 0.717) is 39.2 Å². The van der Waals surface area contributed by atoms with Crippen molar-refractivity contribution in [2.24, 2.45) is 4.99 Å². The summed E-state index contributed by atoms with van der Waals surface area (Å²) >= 11 is 1.42. The molecule has 0 radical (unpaired) electrons. The van der Waals surface area contributed by atoms with Gasteiger partial charge in [0.2, 0.25) is 5.91 Å². The lowest BCUT2D eigenvalue weighted by molar-refractivity contribution is -0.141. The minimum atomic E-state index is -0.661. The molecule has 3 aromatic rings. The number of nitrogens with zero attached hydrogens (tertiary/aromatic N) is 2. The number of hydrogen-bond donors (Lipinski definition) is 1. The molecule has 0 aromatic heterocycles. The van der Waals surface area contributed by atoms with Crippen molar-refractivity contribution in [1.29, 1.82) is 0 Å². The fourth-order valence-corrected chi connectivity index (χ4v) is 6.03. The van der Waals surface area contributed by atoms with Gasteiger partial charge in [0.15, 0.2) is 5.17 Å². The molecule has 1 N–H and O–H groups in total. The van der Waals surface area contributed by atoms with Crippen LogP contribution in [0.5, 0.6) is 11.5 Å². The van der Waals surface area contributed by atoms with Gasteiger partial charge in [-0.25, -0.2) is 9.79 Å². The Morgan fingerprint density at radius 1 is 1.00 bits per heavy atom. The number of allylic oxidation sites excluding steroid dienone is 1. The second-order valence-electron chi connectivity index (χ2n) is 9.94. The Balaban J connectivity index is 1.48. The molecule has 0 spiro atoms. The number of benzene rings is 3. The van der Waals surface area contributed by atoms with Crippen LogP contribution in [0.25, 0.3) is 0 Å². The third-order valence-corrected chi connectivity index (χ3v) is 8.07. The first-order chi connectivity index (χ1) is 20.4. The van der Waals surface area contributed by atoms with Crippen LogP contribution in [0, 0.1) is 0 Å². The maximum atomic E-state index is 13.8. The van der Waals surface area contributed by atoms with Gasteiger partial charge in [0.25, 0.3) is 0 Å². The monoisotopic (exact) mass is 583 g/mol. The highest BCUT2D eigenvalue weighted by molar-refractivity contribution is 8.16. The molecule has 5 rings (SSSR count). The molecular weight excluding hydrogens is 550 g/mol.